The number of para-hydroxylation sites is 1. The number of ether oxygens (including phenoxy) is 1. The third kappa shape index (κ3) is 3.10. The zero-order chi connectivity index (χ0) is 11.1. The molecular weight excluding hydrogens is 186 g/mol. The summed E-state index contributed by atoms with van der Waals surface area (Å²) in [7, 11) is 1.71. The monoisotopic (exact) mass is 205 g/mol. The highest BCUT2D eigenvalue weighted by molar-refractivity contribution is 5.35. The van der Waals surface area contributed by atoms with Crippen molar-refractivity contribution in [3.63, 3.8) is 0 Å². The molecule has 0 amide bonds. The molecule has 1 aromatic rings. The van der Waals surface area contributed by atoms with Gasteiger partial charge in [0.25, 0.3) is 0 Å². The van der Waals surface area contributed by atoms with Crippen LogP contribution < -0.4 is 10.1 Å². The van der Waals surface area contributed by atoms with E-state index in [1.54, 1.807) is 7.11 Å². The molecule has 1 unspecified atom stereocenters. The number of benzene rings is 1. The van der Waals surface area contributed by atoms with Crippen LogP contribution in [0.1, 0.15) is 24.9 Å². The van der Waals surface area contributed by atoms with Gasteiger partial charge in [0.05, 0.1) is 7.11 Å². The normalized spacial score (nSPS) is 12.1. The van der Waals surface area contributed by atoms with Crippen molar-refractivity contribution in [1.82, 2.24) is 5.32 Å². The molecule has 0 heterocycles. The summed E-state index contributed by atoms with van der Waals surface area (Å²) in [4.78, 5) is 0. The first-order valence-electron chi connectivity index (χ1n) is 5.30. The molecule has 0 aromatic heterocycles. The van der Waals surface area contributed by atoms with E-state index in [9.17, 15) is 0 Å². The van der Waals surface area contributed by atoms with Gasteiger partial charge in [0.15, 0.2) is 0 Å². The second-order valence-corrected chi connectivity index (χ2v) is 3.40. The van der Waals surface area contributed by atoms with Crippen LogP contribution in [0.25, 0.3) is 0 Å². The lowest BCUT2D eigenvalue weighted by molar-refractivity contribution is 0.399. The van der Waals surface area contributed by atoms with Crippen molar-refractivity contribution in [3.05, 3.63) is 42.5 Å². The highest BCUT2D eigenvalue weighted by Crippen LogP contribution is 2.26. The quantitative estimate of drug-likeness (QED) is 0.721. The molecule has 1 atom stereocenters. The van der Waals surface area contributed by atoms with Gasteiger partial charge in [-0.05, 0) is 12.5 Å². The summed E-state index contributed by atoms with van der Waals surface area (Å²) in [5, 5.41) is 3.41. The first kappa shape index (κ1) is 11.8. The fraction of sp³-hybridized carbons (Fsp3) is 0.385. The van der Waals surface area contributed by atoms with E-state index in [1.165, 1.54) is 5.56 Å². The van der Waals surface area contributed by atoms with E-state index >= 15 is 0 Å². The van der Waals surface area contributed by atoms with Crippen LogP contribution in [0.4, 0.5) is 0 Å². The Balaban J connectivity index is 2.84. The van der Waals surface area contributed by atoms with Crippen LogP contribution in [0.2, 0.25) is 0 Å². The summed E-state index contributed by atoms with van der Waals surface area (Å²) in [6.07, 6.45) is 2.91. The van der Waals surface area contributed by atoms with E-state index in [1.807, 2.05) is 24.3 Å². The highest BCUT2D eigenvalue weighted by Gasteiger charge is 2.11. The van der Waals surface area contributed by atoms with Gasteiger partial charge in [-0.15, -0.1) is 6.58 Å². The lowest BCUT2D eigenvalue weighted by atomic mass is 10.0. The van der Waals surface area contributed by atoms with Gasteiger partial charge in [-0.3, -0.25) is 0 Å². The molecule has 0 aliphatic heterocycles. The predicted octanol–water partition coefficient (Wildman–Crippen LogP) is 2.92. The Labute approximate surface area is 92.0 Å². The van der Waals surface area contributed by atoms with E-state index in [4.69, 9.17) is 4.74 Å². The van der Waals surface area contributed by atoms with Gasteiger partial charge in [0.1, 0.15) is 5.75 Å². The Bertz CT molecular complexity index is 309. The summed E-state index contributed by atoms with van der Waals surface area (Å²) < 4.78 is 5.34. The van der Waals surface area contributed by atoms with E-state index < -0.39 is 0 Å². The fourth-order valence-electron chi connectivity index (χ4n) is 1.65. The standard InChI is InChI=1S/C13H19NO/c1-4-10-14-12(5-2)11-8-6-7-9-13(11)15-3/h4,6-9,12,14H,1,5,10H2,2-3H3. The molecule has 15 heavy (non-hydrogen) atoms. The molecule has 0 bridgehead atoms. The van der Waals surface area contributed by atoms with Crippen LogP contribution >= 0.6 is 0 Å². The van der Waals surface area contributed by atoms with E-state index in [2.05, 4.69) is 24.9 Å². The lowest BCUT2D eigenvalue weighted by Gasteiger charge is -2.18. The molecule has 1 rings (SSSR count). The summed E-state index contributed by atoms with van der Waals surface area (Å²) in [6, 6.07) is 8.45. The largest absolute Gasteiger partial charge is 0.496 e. The molecule has 0 spiro atoms. The van der Waals surface area contributed by atoms with Crippen molar-refractivity contribution in [2.75, 3.05) is 13.7 Å². The second-order valence-electron chi connectivity index (χ2n) is 3.40. The number of nitrogens with one attached hydrogen (secondary N) is 1. The maximum Gasteiger partial charge on any atom is 0.123 e. The van der Waals surface area contributed by atoms with Crippen LogP contribution in [-0.2, 0) is 0 Å². The minimum atomic E-state index is 0.333. The number of rotatable bonds is 6. The highest BCUT2D eigenvalue weighted by atomic mass is 16.5. The maximum absolute atomic E-state index is 5.34. The van der Waals surface area contributed by atoms with Gasteiger partial charge in [-0.2, -0.15) is 0 Å². The van der Waals surface area contributed by atoms with Gasteiger partial charge in [-0.1, -0.05) is 31.2 Å². The predicted molar refractivity (Wildman–Crippen MR) is 64.2 cm³/mol. The SMILES string of the molecule is C=CCNC(CC)c1ccccc1OC. The first-order valence-corrected chi connectivity index (χ1v) is 5.30. The van der Waals surface area contributed by atoms with Gasteiger partial charge < -0.3 is 10.1 Å². The smallest absolute Gasteiger partial charge is 0.123 e. The second kappa shape index (κ2) is 6.25. The number of hydrogen-bond acceptors (Lipinski definition) is 2. The van der Waals surface area contributed by atoms with Crippen molar-refractivity contribution in [3.8, 4) is 5.75 Å². The molecule has 0 fully saturated rings. The summed E-state index contributed by atoms with van der Waals surface area (Å²) in [5.74, 6) is 0.945. The molecule has 0 aliphatic carbocycles. The third-order valence-corrected chi connectivity index (χ3v) is 2.43. The summed E-state index contributed by atoms with van der Waals surface area (Å²) in [5.41, 5.74) is 1.21. The Kier molecular flexibility index (Phi) is 4.91. The van der Waals surface area contributed by atoms with Crippen LogP contribution in [0.15, 0.2) is 36.9 Å². The van der Waals surface area contributed by atoms with Crippen LogP contribution in [0, 0.1) is 0 Å². The van der Waals surface area contributed by atoms with Gasteiger partial charge in [-0.25, -0.2) is 0 Å². The maximum atomic E-state index is 5.34. The molecular formula is C13H19NO. The molecule has 2 nitrogen and oxygen atoms in total. The van der Waals surface area contributed by atoms with Crippen LogP contribution in [0.3, 0.4) is 0 Å². The molecule has 1 aromatic carbocycles. The molecule has 0 saturated heterocycles. The van der Waals surface area contributed by atoms with Crippen molar-refractivity contribution in [2.24, 2.45) is 0 Å². The zero-order valence-electron chi connectivity index (χ0n) is 9.49. The third-order valence-electron chi connectivity index (χ3n) is 2.43. The average molecular weight is 205 g/mol. The minimum absolute atomic E-state index is 0.333. The molecule has 1 N–H and O–H groups in total. The molecule has 2 heteroatoms. The van der Waals surface area contributed by atoms with E-state index in [0.29, 0.717) is 6.04 Å². The molecule has 0 saturated carbocycles. The average Bonchev–Trinajstić information content (AvgIpc) is 2.30. The first-order chi connectivity index (χ1) is 7.33. The van der Waals surface area contributed by atoms with Crippen LogP contribution in [0.5, 0.6) is 5.75 Å². The fourth-order valence-corrected chi connectivity index (χ4v) is 1.65. The zero-order valence-corrected chi connectivity index (χ0v) is 9.49. The lowest BCUT2D eigenvalue weighted by Crippen LogP contribution is -2.21. The Morgan fingerprint density at radius 1 is 1.47 bits per heavy atom. The van der Waals surface area contributed by atoms with Crippen molar-refractivity contribution < 1.29 is 4.74 Å². The number of hydrogen-bond donors (Lipinski definition) is 1. The summed E-state index contributed by atoms with van der Waals surface area (Å²) in [6.45, 7) is 6.69. The Morgan fingerprint density at radius 2 is 2.20 bits per heavy atom. The Hall–Kier alpha value is -1.28. The van der Waals surface area contributed by atoms with E-state index in [-0.39, 0.29) is 0 Å². The minimum Gasteiger partial charge on any atom is -0.496 e. The van der Waals surface area contributed by atoms with Crippen LogP contribution in [-0.4, -0.2) is 13.7 Å². The number of methoxy groups -OCH3 is 1. The van der Waals surface area contributed by atoms with Gasteiger partial charge >= 0.3 is 0 Å². The van der Waals surface area contributed by atoms with E-state index in [0.717, 1.165) is 18.7 Å². The topological polar surface area (TPSA) is 21.3 Å². The summed E-state index contributed by atoms with van der Waals surface area (Å²) >= 11 is 0. The van der Waals surface area contributed by atoms with Crippen molar-refractivity contribution >= 4 is 0 Å². The van der Waals surface area contributed by atoms with Gasteiger partial charge in [0.2, 0.25) is 0 Å². The molecule has 82 valence electrons. The van der Waals surface area contributed by atoms with Crippen molar-refractivity contribution in [2.45, 2.75) is 19.4 Å². The molecule has 0 aliphatic rings. The Morgan fingerprint density at radius 3 is 2.80 bits per heavy atom. The molecule has 0 radical (unpaired) electrons. The van der Waals surface area contributed by atoms with Gasteiger partial charge in [0, 0.05) is 18.2 Å². The van der Waals surface area contributed by atoms with Crippen molar-refractivity contribution in [1.29, 1.82) is 0 Å².